The molecular formula is C20H32IN2O-. The van der Waals surface area contributed by atoms with Crippen molar-refractivity contribution in [1.29, 1.82) is 0 Å². The second-order valence-electron chi connectivity index (χ2n) is 8.39. The van der Waals surface area contributed by atoms with Gasteiger partial charge in [-0.1, -0.05) is 6.92 Å². The van der Waals surface area contributed by atoms with Gasteiger partial charge in [-0.3, -0.25) is 0 Å². The fraction of sp³-hybridized carbons (Fsp3) is 0.800. The first-order valence-electron chi connectivity index (χ1n) is 9.50. The van der Waals surface area contributed by atoms with Crippen LogP contribution in [-0.4, -0.2) is 15.1 Å². The molecule has 0 bridgehead atoms. The fourth-order valence-corrected chi connectivity index (χ4v) is 5.98. The van der Waals surface area contributed by atoms with Crippen molar-refractivity contribution in [3.63, 3.8) is 0 Å². The molecule has 1 fully saturated rings. The molecule has 0 aromatic carbocycles. The Morgan fingerprint density at radius 1 is 1.38 bits per heavy atom. The minimum absolute atomic E-state index is 0.000456. The maximum atomic E-state index is 12.5. The van der Waals surface area contributed by atoms with Gasteiger partial charge in [0.15, 0.2) is 0 Å². The Kier molecular flexibility index (Phi) is 5.72. The van der Waals surface area contributed by atoms with Crippen molar-refractivity contribution >= 4 is 10.1 Å². The van der Waals surface area contributed by atoms with E-state index in [4.69, 9.17) is 0 Å². The van der Waals surface area contributed by atoms with Crippen LogP contribution in [0.2, 0.25) is 0 Å². The molecule has 24 heavy (non-hydrogen) atoms. The molecule has 0 saturated heterocycles. The van der Waals surface area contributed by atoms with E-state index >= 15 is 0 Å². The summed E-state index contributed by atoms with van der Waals surface area (Å²) in [7, 11) is 0. The first-order chi connectivity index (χ1) is 11.5. The van der Waals surface area contributed by atoms with Crippen LogP contribution in [0.3, 0.4) is 0 Å². The van der Waals surface area contributed by atoms with E-state index in [9.17, 15) is 4.79 Å². The van der Waals surface area contributed by atoms with E-state index in [1.54, 1.807) is 11.1 Å². The Morgan fingerprint density at radius 2 is 2.17 bits per heavy atom. The molecule has 3 nitrogen and oxygen atoms in total. The standard InChI is InChI=1S/C20H32IN2O/c1-5-13-6-8-15-16-9-7-14(19(24)23-22-12-21-4)11-18(16)20(2,3)17(15)10-13/h12-15,17H,5-11H2,1-4H3,(H,23,24)/q-1/b22-12+. The van der Waals surface area contributed by atoms with Gasteiger partial charge in [0, 0.05) is 0 Å². The number of rotatable bonds is 4. The van der Waals surface area contributed by atoms with Crippen molar-refractivity contribution in [2.45, 2.75) is 65.7 Å². The molecule has 3 aliphatic rings. The Hall–Kier alpha value is -0.390. The van der Waals surface area contributed by atoms with Crippen LogP contribution in [0.25, 0.3) is 0 Å². The van der Waals surface area contributed by atoms with E-state index in [-0.39, 0.29) is 38.4 Å². The first kappa shape index (κ1) is 18.4. The number of halogens is 1. The molecule has 3 aliphatic carbocycles. The molecule has 0 radical (unpaired) electrons. The predicted molar refractivity (Wildman–Crippen MR) is 95.3 cm³/mol. The summed E-state index contributed by atoms with van der Waals surface area (Å²) < 4.78 is 1.88. The van der Waals surface area contributed by atoms with Gasteiger partial charge in [-0.25, -0.2) is 0 Å². The van der Waals surface area contributed by atoms with Gasteiger partial charge in [0.05, 0.1) is 0 Å². The number of nitrogens with one attached hydrogen (secondary N) is 1. The topological polar surface area (TPSA) is 41.5 Å². The van der Waals surface area contributed by atoms with Crippen molar-refractivity contribution in [2.24, 2.45) is 34.2 Å². The van der Waals surface area contributed by atoms with E-state index in [2.05, 4.69) is 36.2 Å². The van der Waals surface area contributed by atoms with Crippen molar-refractivity contribution in [3.8, 4) is 0 Å². The third-order valence-corrected chi connectivity index (χ3v) is 7.82. The van der Waals surface area contributed by atoms with Gasteiger partial charge in [0.25, 0.3) is 0 Å². The number of nitrogens with zero attached hydrogens (tertiary/aromatic N) is 1. The molecule has 0 aromatic heterocycles. The van der Waals surface area contributed by atoms with Gasteiger partial charge in [0.2, 0.25) is 0 Å². The zero-order chi connectivity index (χ0) is 17.3. The molecule has 1 N–H and O–H groups in total. The summed E-state index contributed by atoms with van der Waals surface area (Å²) in [6.07, 6.45) is 8.62. The van der Waals surface area contributed by atoms with Crippen LogP contribution in [0, 0.1) is 29.1 Å². The zero-order valence-corrected chi connectivity index (χ0v) is 17.7. The number of carbonyl (C=O) groups excluding carboxylic acids is 1. The van der Waals surface area contributed by atoms with E-state index < -0.39 is 0 Å². The summed E-state index contributed by atoms with van der Waals surface area (Å²) in [5.41, 5.74) is 6.43. The number of fused-ring (bicyclic) bond motifs is 2. The maximum absolute atomic E-state index is 12.5. The predicted octanol–water partition coefficient (Wildman–Crippen LogP) is 1.34. The van der Waals surface area contributed by atoms with E-state index in [1.165, 1.54) is 25.7 Å². The Morgan fingerprint density at radius 3 is 2.88 bits per heavy atom. The van der Waals surface area contributed by atoms with Crippen LogP contribution in [0.15, 0.2) is 16.2 Å². The summed E-state index contributed by atoms with van der Waals surface area (Å²) >= 11 is -0.000456. The number of hydrazone groups is 1. The average Bonchev–Trinajstić information content (AvgIpc) is 2.82. The Labute approximate surface area is 157 Å². The Bertz CT molecular complexity index is 552. The monoisotopic (exact) mass is 443 g/mol. The summed E-state index contributed by atoms with van der Waals surface area (Å²) in [6.45, 7) is 7.25. The molecule has 136 valence electrons. The fourth-order valence-electron chi connectivity index (χ4n) is 5.57. The molecule has 4 unspecified atom stereocenters. The number of hydrogen-bond acceptors (Lipinski definition) is 2. The van der Waals surface area contributed by atoms with Crippen molar-refractivity contribution in [3.05, 3.63) is 11.1 Å². The molecule has 0 aliphatic heterocycles. The van der Waals surface area contributed by atoms with Gasteiger partial charge in [-0.15, -0.1) is 0 Å². The summed E-state index contributed by atoms with van der Waals surface area (Å²) in [5.74, 6) is 2.79. The minimum atomic E-state index is -0.000456. The van der Waals surface area contributed by atoms with Gasteiger partial charge in [0.1, 0.15) is 0 Å². The normalized spacial score (nSPS) is 35.2. The number of carbonyl (C=O) groups is 1. The van der Waals surface area contributed by atoms with E-state index in [0.29, 0.717) is 0 Å². The molecule has 1 amide bonds. The van der Waals surface area contributed by atoms with Gasteiger partial charge >= 0.3 is 151 Å². The molecule has 0 spiro atoms. The third-order valence-electron chi connectivity index (χ3n) is 6.98. The van der Waals surface area contributed by atoms with Gasteiger partial charge in [-0.2, -0.15) is 0 Å². The number of amides is 1. The van der Waals surface area contributed by atoms with Crippen LogP contribution in [0.5, 0.6) is 0 Å². The van der Waals surface area contributed by atoms with Crippen LogP contribution in [0.1, 0.15) is 65.7 Å². The van der Waals surface area contributed by atoms with Crippen molar-refractivity contribution in [2.75, 3.05) is 4.93 Å². The molecule has 0 heterocycles. The van der Waals surface area contributed by atoms with Crippen LogP contribution in [0.4, 0.5) is 0 Å². The van der Waals surface area contributed by atoms with Crippen molar-refractivity contribution in [1.82, 2.24) is 5.43 Å². The Balaban J connectivity index is 1.74. The van der Waals surface area contributed by atoms with Crippen LogP contribution in [-0.2, 0) is 4.79 Å². The summed E-state index contributed by atoms with van der Waals surface area (Å²) in [6, 6.07) is 0. The second kappa shape index (κ2) is 7.46. The molecule has 4 heteroatoms. The molecule has 4 atom stereocenters. The zero-order valence-electron chi connectivity index (χ0n) is 15.6. The van der Waals surface area contributed by atoms with Crippen LogP contribution < -0.4 is 26.6 Å². The third kappa shape index (κ3) is 3.32. The van der Waals surface area contributed by atoms with Crippen LogP contribution >= 0.6 is 0 Å². The quantitative estimate of drug-likeness (QED) is 0.230. The van der Waals surface area contributed by atoms with Crippen molar-refractivity contribution < 1.29 is 26.0 Å². The number of hydrogen-bond donors (Lipinski definition) is 1. The summed E-state index contributed by atoms with van der Waals surface area (Å²) in [4.78, 5) is 14.6. The molecule has 1 saturated carbocycles. The molecular weight excluding hydrogens is 411 g/mol. The van der Waals surface area contributed by atoms with Gasteiger partial charge < -0.3 is 0 Å². The summed E-state index contributed by atoms with van der Waals surface area (Å²) in [5, 5.41) is 4.09. The molecule has 0 aromatic rings. The van der Waals surface area contributed by atoms with E-state index in [1.807, 2.05) is 4.22 Å². The second-order valence-corrected chi connectivity index (χ2v) is 10.2. The van der Waals surface area contributed by atoms with E-state index in [0.717, 1.165) is 37.0 Å². The molecule has 3 rings (SSSR count). The first-order valence-corrected chi connectivity index (χ1v) is 12.9. The number of alkyl halides is 1. The SMILES string of the molecule is CCC1CCC2C3=C(CC(C(=O)N/N=C/[I-]C)CC3)C(C)(C)C2C1. The average molecular weight is 443 g/mol. The van der Waals surface area contributed by atoms with Gasteiger partial charge in [-0.05, 0) is 0 Å². The number of allylic oxidation sites excluding steroid dienone is 2.